The van der Waals surface area contributed by atoms with Crippen molar-refractivity contribution in [3.05, 3.63) is 12.1 Å². The van der Waals surface area contributed by atoms with Gasteiger partial charge >= 0.3 is 0 Å². The third-order valence-electron chi connectivity index (χ3n) is 2.37. The van der Waals surface area contributed by atoms with Gasteiger partial charge in [0.05, 0.1) is 16.3 Å². The third kappa shape index (κ3) is 1.20. The molecule has 2 rings (SSSR count). The molecule has 0 spiro atoms. The molecule has 4 nitrogen and oxygen atoms in total. The van der Waals surface area contributed by atoms with Crippen molar-refractivity contribution in [3.63, 3.8) is 0 Å². The van der Waals surface area contributed by atoms with Gasteiger partial charge in [0.1, 0.15) is 5.50 Å². The Kier molecular flexibility index (Phi) is 2.20. The van der Waals surface area contributed by atoms with Crippen molar-refractivity contribution in [1.29, 1.82) is 0 Å². The molecule has 0 aromatic heterocycles. The van der Waals surface area contributed by atoms with Crippen LogP contribution < -0.4 is 22.1 Å². The zero-order valence-electron chi connectivity index (χ0n) is 8.03. The van der Waals surface area contributed by atoms with Gasteiger partial charge in [0.15, 0.2) is 0 Å². The Morgan fingerprint density at radius 2 is 2.00 bits per heavy atom. The van der Waals surface area contributed by atoms with Crippen LogP contribution in [0.1, 0.15) is 6.92 Å². The molecule has 1 atom stereocenters. The standard InChI is InChI=1S/C9H14N4S/c1-2-13-7-5(10)3-4-6(11)8(7)14-9(13)12/h3-4,9H,2,10-12H2,1H3. The molecule has 6 N–H and O–H groups in total. The Hall–Kier alpha value is -1.07. The van der Waals surface area contributed by atoms with Crippen molar-refractivity contribution in [2.24, 2.45) is 5.73 Å². The highest BCUT2D eigenvalue weighted by Crippen LogP contribution is 2.47. The predicted molar refractivity (Wildman–Crippen MR) is 62.1 cm³/mol. The fraction of sp³-hybridized carbons (Fsp3) is 0.333. The lowest BCUT2D eigenvalue weighted by molar-refractivity contribution is 0.810. The summed E-state index contributed by atoms with van der Waals surface area (Å²) in [5, 5.41) is 0. The van der Waals surface area contributed by atoms with Crippen LogP contribution >= 0.6 is 11.8 Å². The lowest BCUT2D eigenvalue weighted by Gasteiger charge is -2.22. The molecular weight excluding hydrogens is 196 g/mol. The monoisotopic (exact) mass is 210 g/mol. The number of anilines is 3. The minimum absolute atomic E-state index is 0.0676. The molecule has 0 bridgehead atoms. The Bertz CT molecular complexity index is 366. The second-order valence-corrected chi connectivity index (χ2v) is 4.34. The van der Waals surface area contributed by atoms with Gasteiger partial charge in [-0.15, -0.1) is 0 Å². The Balaban J connectivity index is 2.57. The number of rotatable bonds is 1. The molecule has 1 aliphatic heterocycles. The van der Waals surface area contributed by atoms with E-state index in [-0.39, 0.29) is 5.50 Å². The lowest BCUT2D eigenvalue weighted by atomic mass is 10.2. The van der Waals surface area contributed by atoms with Crippen LogP contribution in [-0.4, -0.2) is 12.0 Å². The molecule has 5 heteroatoms. The van der Waals surface area contributed by atoms with Crippen LogP contribution in [0.25, 0.3) is 0 Å². The van der Waals surface area contributed by atoms with Crippen LogP contribution in [0.3, 0.4) is 0 Å². The lowest BCUT2D eigenvalue weighted by Crippen LogP contribution is -2.36. The second kappa shape index (κ2) is 3.25. The molecule has 1 aliphatic rings. The van der Waals surface area contributed by atoms with Gasteiger partial charge in [-0.05, 0) is 19.1 Å². The van der Waals surface area contributed by atoms with E-state index in [9.17, 15) is 0 Å². The molecule has 1 unspecified atom stereocenters. The molecule has 14 heavy (non-hydrogen) atoms. The first-order valence-corrected chi connectivity index (χ1v) is 5.40. The molecule has 0 saturated carbocycles. The van der Waals surface area contributed by atoms with E-state index in [0.29, 0.717) is 0 Å². The van der Waals surface area contributed by atoms with E-state index in [2.05, 4.69) is 11.8 Å². The Morgan fingerprint density at radius 1 is 1.36 bits per heavy atom. The van der Waals surface area contributed by atoms with E-state index in [1.807, 2.05) is 12.1 Å². The molecule has 1 aromatic rings. The summed E-state index contributed by atoms with van der Waals surface area (Å²) in [4.78, 5) is 3.07. The van der Waals surface area contributed by atoms with Crippen molar-refractivity contribution in [2.75, 3.05) is 22.9 Å². The van der Waals surface area contributed by atoms with E-state index in [0.717, 1.165) is 28.5 Å². The van der Waals surface area contributed by atoms with Gasteiger partial charge in [-0.3, -0.25) is 0 Å². The predicted octanol–water partition coefficient (Wildman–Crippen LogP) is 1.03. The molecule has 0 aliphatic carbocycles. The van der Waals surface area contributed by atoms with E-state index in [1.165, 1.54) is 0 Å². The maximum atomic E-state index is 5.96. The summed E-state index contributed by atoms with van der Waals surface area (Å²) in [6.45, 7) is 2.90. The van der Waals surface area contributed by atoms with E-state index < -0.39 is 0 Å². The van der Waals surface area contributed by atoms with E-state index in [4.69, 9.17) is 17.2 Å². The minimum Gasteiger partial charge on any atom is -0.398 e. The summed E-state index contributed by atoms with van der Waals surface area (Å²) in [6, 6.07) is 3.66. The van der Waals surface area contributed by atoms with Gasteiger partial charge in [-0.2, -0.15) is 0 Å². The van der Waals surface area contributed by atoms with Gasteiger partial charge in [0, 0.05) is 12.2 Å². The molecule has 1 heterocycles. The van der Waals surface area contributed by atoms with E-state index in [1.54, 1.807) is 11.8 Å². The summed E-state index contributed by atoms with van der Waals surface area (Å²) in [5.41, 5.74) is 20.1. The fourth-order valence-corrected chi connectivity index (χ4v) is 2.85. The fourth-order valence-electron chi connectivity index (χ4n) is 1.67. The average Bonchev–Trinajstić information content (AvgIpc) is 2.50. The number of thioether (sulfide) groups is 1. The highest BCUT2D eigenvalue weighted by molar-refractivity contribution is 8.00. The number of nitrogen functional groups attached to an aromatic ring is 2. The average molecular weight is 210 g/mol. The number of nitrogens with two attached hydrogens (primary N) is 3. The number of nitrogens with zero attached hydrogens (tertiary/aromatic N) is 1. The minimum atomic E-state index is -0.0676. The summed E-state index contributed by atoms with van der Waals surface area (Å²) in [7, 11) is 0. The zero-order chi connectivity index (χ0) is 10.3. The maximum Gasteiger partial charge on any atom is 0.130 e. The maximum absolute atomic E-state index is 5.96. The largest absolute Gasteiger partial charge is 0.398 e. The second-order valence-electron chi connectivity index (χ2n) is 3.22. The summed E-state index contributed by atoms with van der Waals surface area (Å²) >= 11 is 1.56. The van der Waals surface area contributed by atoms with Gasteiger partial charge < -0.3 is 22.1 Å². The molecular formula is C9H14N4S. The molecule has 0 fully saturated rings. The van der Waals surface area contributed by atoms with Crippen LogP contribution in [0.5, 0.6) is 0 Å². The van der Waals surface area contributed by atoms with Gasteiger partial charge in [-0.1, -0.05) is 11.8 Å². The van der Waals surface area contributed by atoms with Crippen LogP contribution in [0.2, 0.25) is 0 Å². The van der Waals surface area contributed by atoms with E-state index >= 15 is 0 Å². The van der Waals surface area contributed by atoms with Gasteiger partial charge in [0.25, 0.3) is 0 Å². The first-order chi connectivity index (χ1) is 6.65. The summed E-state index contributed by atoms with van der Waals surface area (Å²) in [5.74, 6) is 0. The Morgan fingerprint density at radius 3 is 2.64 bits per heavy atom. The molecule has 0 radical (unpaired) electrons. The topological polar surface area (TPSA) is 81.3 Å². The van der Waals surface area contributed by atoms with Crippen molar-refractivity contribution >= 4 is 28.8 Å². The quantitative estimate of drug-likeness (QED) is 0.603. The highest BCUT2D eigenvalue weighted by Gasteiger charge is 2.29. The first kappa shape index (κ1) is 9.48. The summed E-state index contributed by atoms with van der Waals surface area (Å²) in [6.07, 6.45) is 0. The molecule has 0 amide bonds. The van der Waals surface area contributed by atoms with Gasteiger partial charge in [0.2, 0.25) is 0 Å². The molecule has 1 aromatic carbocycles. The van der Waals surface area contributed by atoms with Crippen molar-refractivity contribution in [3.8, 4) is 0 Å². The number of hydrogen-bond acceptors (Lipinski definition) is 5. The first-order valence-electron chi connectivity index (χ1n) is 4.52. The van der Waals surface area contributed by atoms with Crippen molar-refractivity contribution in [1.82, 2.24) is 0 Å². The van der Waals surface area contributed by atoms with Crippen LogP contribution in [0.15, 0.2) is 17.0 Å². The van der Waals surface area contributed by atoms with Crippen LogP contribution in [-0.2, 0) is 0 Å². The van der Waals surface area contributed by atoms with Crippen LogP contribution in [0.4, 0.5) is 17.1 Å². The SMILES string of the molecule is CCN1c2c(N)ccc(N)c2SC1N. The number of benzene rings is 1. The van der Waals surface area contributed by atoms with Gasteiger partial charge in [-0.25, -0.2) is 0 Å². The molecule has 76 valence electrons. The summed E-state index contributed by atoms with van der Waals surface area (Å²) < 4.78 is 0. The third-order valence-corrected chi connectivity index (χ3v) is 3.53. The Labute approximate surface area is 87.4 Å². The van der Waals surface area contributed by atoms with Crippen molar-refractivity contribution in [2.45, 2.75) is 17.3 Å². The van der Waals surface area contributed by atoms with Crippen molar-refractivity contribution < 1.29 is 0 Å². The smallest absolute Gasteiger partial charge is 0.130 e. The zero-order valence-corrected chi connectivity index (χ0v) is 8.84. The number of fused-ring (bicyclic) bond motifs is 1. The highest BCUT2D eigenvalue weighted by atomic mass is 32.2. The molecule has 0 saturated heterocycles. The van der Waals surface area contributed by atoms with Crippen LogP contribution in [0, 0.1) is 0 Å². The number of hydrogen-bond donors (Lipinski definition) is 3. The normalized spacial score (nSPS) is 19.9.